The minimum atomic E-state index is 0.212. The summed E-state index contributed by atoms with van der Waals surface area (Å²) in [6.45, 7) is 1.73. The van der Waals surface area contributed by atoms with Crippen molar-refractivity contribution in [3.8, 4) is 5.75 Å². The molecule has 0 heterocycles. The molecule has 1 aromatic rings. The van der Waals surface area contributed by atoms with Crippen LogP contribution in [0.15, 0.2) is 30.3 Å². The van der Waals surface area contributed by atoms with E-state index in [0.29, 0.717) is 26.2 Å². The SMILES string of the molecule is N=C(N)CCCOCCOc1ccccc1. The summed E-state index contributed by atoms with van der Waals surface area (Å²) in [4.78, 5) is 0. The summed E-state index contributed by atoms with van der Waals surface area (Å²) in [5, 5.41) is 7.02. The Morgan fingerprint density at radius 2 is 1.88 bits per heavy atom. The molecule has 0 aliphatic heterocycles. The molecule has 88 valence electrons. The fraction of sp³-hybridized carbons (Fsp3) is 0.417. The largest absolute Gasteiger partial charge is 0.491 e. The Hall–Kier alpha value is -1.55. The zero-order chi connectivity index (χ0) is 11.6. The van der Waals surface area contributed by atoms with Crippen LogP contribution in [0, 0.1) is 5.41 Å². The topological polar surface area (TPSA) is 68.3 Å². The second-order valence-corrected chi connectivity index (χ2v) is 3.40. The van der Waals surface area contributed by atoms with E-state index in [4.69, 9.17) is 20.6 Å². The lowest BCUT2D eigenvalue weighted by atomic mass is 10.3. The fourth-order valence-electron chi connectivity index (χ4n) is 1.20. The van der Waals surface area contributed by atoms with Crippen LogP contribution in [0.3, 0.4) is 0 Å². The van der Waals surface area contributed by atoms with Gasteiger partial charge in [-0.1, -0.05) is 18.2 Å². The first-order chi connectivity index (χ1) is 7.79. The van der Waals surface area contributed by atoms with Gasteiger partial charge < -0.3 is 15.2 Å². The first kappa shape index (κ1) is 12.5. The molecular formula is C12H18N2O2. The first-order valence-corrected chi connectivity index (χ1v) is 5.37. The number of hydrogen-bond donors (Lipinski definition) is 2. The van der Waals surface area contributed by atoms with Crippen molar-refractivity contribution in [3.63, 3.8) is 0 Å². The second kappa shape index (κ2) is 7.70. The zero-order valence-corrected chi connectivity index (χ0v) is 9.32. The van der Waals surface area contributed by atoms with Crippen molar-refractivity contribution in [1.29, 1.82) is 5.41 Å². The maximum atomic E-state index is 7.02. The summed E-state index contributed by atoms with van der Waals surface area (Å²) in [5.41, 5.74) is 5.21. The van der Waals surface area contributed by atoms with E-state index in [2.05, 4.69) is 0 Å². The van der Waals surface area contributed by atoms with E-state index in [1.54, 1.807) is 0 Å². The molecule has 0 fully saturated rings. The van der Waals surface area contributed by atoms with Crippen molar-refractivity contribution in [1.82, 2.24) is 0 Å². The molecule has 16 heavy (non-hydrogen) atoms. The lowest BCUT2D eigenvalue weighted by molar-refractivity contribution is 0.0993. The molecule has 4 heteroatoms. The Morgan fingerprint density at radius 3 is 2.56 bits per heavy atom. The predicted octanol–water partition coefficient (Wildman–Crippen LogP) is 1.80. The molecule has 0 atom stereocenters. The number of hydrogen-bond acceptors (Lipinski definition) is 3. The van der Waals surface area contributed by atoms with Crippen molar-refractivity contribution >= 4 is 5.84 Å². The van der Waals surface area contributed by atoms with Crippen LogP contribution in [0.25, 0.3) is 0 Å². The third kappa shape index (κ3) is 6.03. The van der Waals surface area contributed by atoms with E-state index < -0.39 is 0 Å². The van der Waals surface area contributed by atoms with Gasteiger partial charge in [-0.25, -0.2) is 0 Å². The number of ether oxygens (including phenoxy) is 2. The number of nitrogens with two attached hydrogens (primary N) is 1. The van der Waals surface area contributed by atoms with E-state index in [1.807, 2.05) is 30.3 Å². The van der Waals surface area contributed by atoms with E-state index in [1.165, 1.54) is 0 Å². The molecule has 0 spiro atoms. The van der Waals surface area contributed by atoms with Crippen LogP contribution in [0.5, 0.6) is 5.75 Å². The quantitative estimate of drug-likeness (QED) is 0.400. The summed E-state index contributed by atoms with van der Waals surface area (Å²) in [6.07, 6.45) is 1.39. The first-order valence-electron chi connectivity index (χ1n) is 5.37. The zero-order valence-electron chi connectivity index (χ0n) is 9.32. The van der Waals surface area contributed by atoms with Gasteiger partial charge in [0, 0.05) is 13.0 Å². The average Bonchev–Trinajstić information content (AvgIpc) is 2.29. The number of nitrogens with one attached hydrogen (secondary N) is 1. The number of amidine groups is 1. The summed E-state index contributed by atoms with van der Waals surface area (Å²) >= 11 is 0. The van der Waals surface area contributed by atoms with Gasteiger partial charge in [0.25, 0.3) is 0 Å². The summed E-state index contributed by atoms with van der Waals surface area (Å²) in [7, 11) is 0. The van der Waals surface area contributed by atoms with Crippen molar-refractivity contribution in [2.75, 3.05) is 19.8 Å². The Morgan fingerprint density at radius 1 is 1.12 bits per heavy atom. The molecule has 4 nitrogen and oxygen atoms in total. The fourth-order valence-corrected chi connectivity index (χ4v) is 1.20. The minimum Gasteiger partial charge on any atom is -0.491 e. The highest BCUT2D eigenvalue weighted by Crippen LogP contribution is 2.07. The third-order valence-corrected chi connectivity index (χ3v) is 1.97. The van der Waals surface area contributed by atoms with E-state index in [9.17, 15) is 0 Å². The molecule has 1 rings (SSSR count). The molecule has 0 unspecified atom stereocenters. The average molecular weight is 222 g/mol. The van der Waals surface area contributed by atoms with Crippen molar-refractivity contribution < 1.29 is 9.47 Å². The van der Waals surface area contributed by atoms with Crippen molar-refractivity contribution in [3.05, 3.63) is 30.3 Å². The lowest BCUT2D eigenvalue weighted by Crippen LogP contribution is -2.12. The highest BCUT2D eigenvalue weighted by molar-refractivity contribution is 5.76. The van der Waals surface area contributed by atoms with E-state index in [0.717, 1.165) is 12.2 Å². The number of rotatable bonds is 8. The number of para-hydroxylation sites is 1. The molecule has 0 radical (unpaired) electrons. The maximum absolute atomic E-state index is 7.02. The monoisotopic (exact) mass is 222 g/mol. The summed E-state index contributed by atoms with van der Waals surface area (Å²) < 4.78 is 10.8. The smallest absolute Gasteiger partial charge is 0.119 e. The van der Waals surface area contributed by atoms with Crippen LogP contribution in [-0.2, 0) is 4.74 Å². The third-order valence-electron chi connectivity index (χ3n) is 1.97. The summed E-state index contributed by atoms with van der Waals surface area (Å²) in [6, 6.07) is 9.64. The molecule has 0 saturated heterocycles. The molecule has 0 aliphatic rings. The Balaban J connectivity index is 1.94. The predicted molar refractivity (Wildman–Crippen MR) is 63.9 cm³/mol. The molecule has 1 aromatic carbocycles. The van der Waals surface area contributed by atoms with Crippen molar-refractivity contribution in [2.24, 2.45) is 5.73 Å². The molecule has 0 amide bonds. The Kier molecular flexibility index (Phi) is 6.03. The Bertz CT molecular complexity index is 301. The van der Waals surface area contributed by atoms with Gasteiger partial charge in [-0.3, -0.25) is 5.41 Å². The second-order valence-electron chi connectivity index (χ2n) is 3.40. The molecule has 0 bridgehead atoms. The molecule has 0 aromatic heterocycles. The van der Waals surface area contributed by atoms with Gasteiger partial charge in [-0.15, -0.1) is 0 Å². The lowest BCUT2D eigenvalue weighted by Gasteiger charge is -2.06. The van der Waals surface area contributed by atoms with Crippen LogP contribution >= 0.6 is 0 Å². The number of benzene rings is 1. The van der Waals surface area contributed by atoms with Crippen LogP contribution in [0.4, 0.5) is 0 Å². The van der Waals surface area contributed by atoms with Crippen molar-refractivity contribution in [2.45, 2.75) is 12.8 Å². The van der Waals surface area contributed by atoms with Crippen LogP contribution in [0.2, 0.25) is 0 Å². The van der Waals surface area contributed by atoms with Gasteiger partial charge in [0.15, 0.2) is 0 Å². The van der Waals surface area contributed by atoms with Gasteiger partial charge in [0.1, 0.15) is 12.4 Å². The van der Waals surface area contributed by atoms with Crippen LogP contribution in [0.1, 0.15) is 12.8 Å². The highest BCUT2D eigenvalue weighted by Gasteiger charge is 1.93. The standard InChI is InChI=1S/C12H18N2O2/c13-12(14)7-4-8-15-9-10-16-11-5-2-1-3-6-11/h1-3,5-6H,4,7-10H2,(H3,13,14). The molecule has 0 saturated carbocycles. The van der Waals surface area contributed by atoms with Crippen LogP contribution in [-0.4, -0.2) is 25.7 Å². The van der Waals surface area contributed by atoms with Gasteiger partial charge >= 0.3 is 0 Å². The van der Waals surface area contributed by atoms with Gasteiger partial charge in [-0.05, 0) is 18.6 Å². The molecule has 3 N–H and O–H groups in total. The van der Waals surface area contributed by atoms with Gasteiger partial charge in [0.05, 0.1) is 12.4 Å². The molecular weight excluding hydrogens is 204 g/mol. The normalized spacial score (nSPS) is 10.0. The summed E-state index contributed by atoms with van der Waals surface area (Å²) in [5.74, 6) is 1.07. The van der Waals surface area contributed by atoms with Crippen LogP contribution < -0.4 is 10.5 Å². The Labute approximate surface area is 95.9 Å². The van der Waals surface area contributed by atoms with Gasteiger partial charge in [0.2, 0.25) is 0 Å². The minimum absolute atomic E-state index is 0.212. The highest BCUT2D eigenvalue weighted by atomic mass is 16.5. The maximum Gasteiger partial charge on any atom is 0.119 e. The van der Waals surface area contributed by atoms with E-state index >= 15 is 0 Å². The van der Waals surface area contributed by atoms with Gasteiger partial charge in [-0.2, -0.15) is 0 Å². The molecule has 0 aliphatic carbocycles. The van der Waals surface area contributed by atoms with E-state index in [-0.39, 0.29) is 5.84 Å².